The van der Waals surface area contributed by atoms with Crippen LogP contribution in [0.1, 0.15) is 31.1 Å². The second-order valence-corrected chi connectivity index (χ2v) is 4.97. The van der Waals surface area contributed by atoms with Crippen molar-refractivity contribution < 1.29 is 9.72 Å². The van der Waals surface area contributed by atoms with Crippen molar-refractivity contribution in [3.8, 4) is 0 Å². The van der Waals surface area contributed by atoms with E-state index in [0.717, 1.165) is 24.0 Å². The first-order valence-electron chi connectivity index (χ1n) is 6.90. The SMILES string of the molecule is CCn1cc(C(C)NC(=O)Cn2cc([N+](=O)[O-])cn2)c(C)n1. The minimum atomic E-state index is -0.549. The van der Waals surface area contributed by atoms with E-state index in [0.29, 0.717) is 0 Å². The second kappa shape index (κ2) is 6.37. The Morgan fingerprint density at radius 3 is 2.73 bits per heavy atom. The second-order valence-electron chi connectivity index (χ2n) is 4.97. The van der Waals surface area contributed by atoms with Crippen LogP contribution in [0.4, 0.5) is 5.69 Å². The van der Waals surface area contributed by atoms with Crippen LogP contribution in [0.3, 0.4) is 0 Å². The number of nitro groups is 1. The van der Waals surface area contributed by atoms with Crippen LogP contribution < -0.4 is 5.32 Å². The average Bonchev–Trinajstić information content (AvgIpc) is 3.05. The number of aromatic nitrogens is 4. The zero-order valence-corrected chi connectivity index (χ0v) is 12.7. The molecule has 0 aliphatic carbocycles. The molecule has 0 saturated heterocycles. The van der Waals surface area contributed by atoms with Gasteiger partial charge in [0, 0.05) is 18.3 Å². The van der Waals surface area contributed by atoms with Crippen molar-refractivity contribution in [2.24, 2.45) is 0 Å². The van der Waals surface area contributed by atoms with Gasteiger partial charge in [0.25, 0.3) is 0 Å². The van der Waals surface area contributed by atoms with E-state index in [9.17, 15) is 14.9 Å². The molecule has 22 heavy (non-hydrogen) atoms. The highest BCUT2D eigenvalue weighted by Gasteiger charge is 2.16. The number of hydrogen-bond donors (Lipinski definition) is 1. The number of nitrogens with zero attached hydrogens (tertiary/aromatic N) is 5. The van der Waals surface area contributed by atoms with Crippen LogP contribution in [-0.2, 0) is 17.9 Å². The first kappa shape index (κ1) is 15.7. The van der Waals surface area contributed by atoms with Crippen molar-refractivity contribution in [3.05, 3.63) is 40.0 Å². The predicted molar refractivity (Wildman–Crippen MR) is 78.1 cm³/mol. The molecule has 1 N–H and O–H groups in total. The van der Waals surface area contributed by atoms with Crippen LogP contribution in [-0.4, -0.2) is 30.4 Å². The average molecular weight is 306 g/mol. The molecule has 1 unspecified atom stereocenters. The molecule has 0 spiro atoms. The highest BCUT2D eigenvalue weighted by Crippen LogP contribution is 2.16. The minimum absolute atomic E-state index is 0.0703. The van der Waals surface area contributed by atoms with Gasteiger partial charge < -0.3 is 5.32 Å². The molecule has 0 aliphatic heterocycles. The van der Waals surface area contributed by atoms with E-state index in [1.807, 2.05) is 31.6 Å². The van der Waals surface area contributed by atoms with Gasteiger partial charge in [0.15, 0.2) is 0 Å². The summed E-state index contributed by atoms with van der Waals surface area (Å²) in [6.45, 7) is 6.44. The molecule has 9 nitrogen and oxygen atoms in total. The Balaban J connectivity index is 1.98. The van der Waals surface area contributed by atoms with Gasteiger partial charge in [-0.1, -0.05) is 0 Å². The van der Waals surface area contributed by atoms with E-state index in [1.54, 1.807) is 0 Å². The summed E-state index contributed by atoms with van der Waals surface area (Å²) >= 11 is 0. The van der Waals surface area contributed by atoms with E-state index in [-0.39, 0.29) is 24.2 Å². The number of amides is 1. The Labute approximate surface area is 127 Å². The van der Waals surface area contributed by atoms with Crippen molar-refractivity contribution in [2.45, 2.75) is 39.9 Å². The van der Waals surface area contributed by atoms with Crippen molar-refractivity contribution in [3.63, 3.8) is 0 Å². The fourth-order valence-corrected chi connectivity index (χ4v) is 2.17. The quantitative estimate of drug-likeness (QED) is 0.637. The zero-order chi connectivity index (χ0) is 16.3. The molecule has 2 heterocycles. The summed E-state index contributed by atoms with van der Waals surface area (Å²) in [7, 11) is 0. The van der Waals surface area contributed by atoms with E-state index < -0.39 is 4.92 Å². The van der Waals surface area contributed by atoms with Crippen LogP contribution in [0.2, 0.25) is 0 Å². The molecule has 0 aromatic carbocycles. The summed E-state index contributed by atoms with van der Waals surface area (Å²) in [4.78, 5) is 22.0. The number of nitrogens with one attached hydrogen (secondary N) is 1. The molecule has 9 heteroatoms. The zero-order valence-electron chi connectivity index (χ0n) is 12.7. The third-order valence-corrected chi connectivity index (χ3v) is 3.29. The lowest BCUT2D eigenvalue weighted by Crippen LogP contribution is -2.30. The van der Waals surface area contributed by atoms with E-state index >= 15 is 0 Å². The van der Waals surface area contributed by atoms with Gasteiger partial charge in [0.1, 0.15) is 18.9 Å². The number of hydrogen-bond acceptors (Lipinski definition) is 5. The molecule has 0 aliphatic rings. The Morgan fingerprint density at radius 1 is 1.45 bits per heavy atom. The molecule has 1 atom stereocenters. The highest BCUT2D eigenvalue weighted by molar-refractivity contribution is 5.76. The summed E-state index contributed by atoms with van der Waals surface area (Å²) in [5, 5.41) is 21.5. The lowest BCUT2D eigenvalue weighted by Gasteiger charge is -2.13. The lowest BCUT2D eigenvalue weighted by molar-refractivity contribution is -0.385. The number of carbonyl (C=O) groups excluding carboxylic acids is 1. The monoisotopic (exact) mass is 306 g/mol. The first-order chi connectivity index (χ1) is 10.4. The smallest absolute Gasteiger partial charge is 0.307 e. The summed E-state index contributed by atoms with van der Waals surface area (Å²) in [6, 6.07) is -0.196. The van der Waals surface area contributed by atoms with Crippen molar-refractivity contribution in [2.75, 3.05) is 0 Å². The number of carbonyl (C=O) groups is 1. The third kappa shape index (κ3) is 3.48. The first-order valence-corrected chi connectivity index (χ1v) is 6.90. The minimum Gasteiger partial charge on any atom is -0.348 e. The molecular formula is C13H18N6O3. The summed E-state index contributed by atoms with van der Waals surface area (Å²) in [5.74, 6) is -0.269. The summed E-state index contributed by atoms with van der Waals surface area (Å²) in [5.41, 5.74) is 1.67. The van der Waals surface area contributed by atoms with Crippen LogP contribution >= 0.6 is 0 Å². The molecule has 2 rings (SSSR count). The Kier molecular flexibility index (Phi) is 4.54. The molecule has 118 valence electrons. The van der Waals surface area contributed by atoms with Crippen LogP contribution in [0, 0.1) is 17.0 Å². The van der Waals surface area contributed by atoms with E-state index in [2.05, 4.69) is 15.5 Å². The fourth-order valence-electron chi connectivity index (χ4n) is 2.17. The normalized spacial score (nSPS) is 12.1. The van der Waals surface area contributed by atoms with Gasteiger partial charge in [-0.3, -0.25) is 24.3 Å². The largest absolute Gasteiger partial charge is 0.348 e. The van der Waals surface area contributed by atoms with Crippen LogP contribution in [0.25, 0.3) is 0 Å². The van der Waals surface area contributed by atoms with Gasteiger partial charge in [-0.05, 0) is 20.8 Å². The summed E-state index contributed by atoms with van der Waals surface area (Å²) in [6.07, 6.45) is 4.25. The topological polar surface area (TPSA) is 108 Å². The van der Waals surface area contributed by atoms with Gasteiger partial charge in [-0.15, -0.1) is 0 Å². The van der Waals surface area contributed by atoms with Gasteiger partial charge in [0.05, 0.1) is 16.7 Å². The molecule has 1 amide bonds. The Hall–Kier alpha value is -2.71. The molecule has 0 saturated carbocycles. The molecule has 2 aromatic heterocycles. The van der Waals surface area contributed by atoms with E-state index in [4.69, 9.17) is 0 Å². The molecule has 0 fully saturated rings. The Bertz CT molecular complexity index is 690. The van der Waals surface area contributed by atoms with E-state index in [1.165, 1.54) is 10.9 Å². The van der Waals surface area contributed by atoms with Crippen molar-refractivity contribution in [1.82, 2.24) is 24.9 Å². The molecule has 0 radical (unpaired) electrons. The molecule has 0 bridgehead atoms. The van der Waals surface area contributed by atoms with Gasteiger partial charge in [0.2, 0.25) is 5.91 Å². The van der Waals surface area contributed by atoms with Gasteiger partial charge in [-0.2, -0.15) is 10.2 Å². The predicted octanol–water partition coefficient (Wildman–Crippen LogP) is 1.19. The highest BCUT2D eigenvalue weighted by atomic mass is 16.6. The standard InChI is InChI=1S/C13H18N6O3/c1-4-17-7-12(10(3)16-17)9(2)15-13(20)8-18-6-11(5-14-18)19(21)22/h5-7,9H,4,8H2,1-3H3,(H,15,20). The fraction of sp³-hybridized carbons (Fsp3) is 0.462. The van der Waals surface area contributed by atoms with Crippen molar-refractivity contribution in [1.29, 1.82) is 0 Å². The molecular weight excluding hydrogens is 288 g/mol. The van der Waals surface area contributed by atoms with Crippen LogP contribution in [0.15, 0.2) is 18.6 Å². The maximum Gasteiger partial charge on any atom is 0.307 e. The third-order valence-electron chi connectivity index (χ3n) is 3.29. The number of rotatable bonds is 6. The maximum atomic E-state index is 12.0. The van der Waals surface area contributed by atoms with Crippen LogP contribution in [0.5, 0.6) is 0 Å². The molecule has 2 aromatic rings. The summed E-state index contributed by atoms with van der Waals surface area (Å²) < 4.78 is 3.05. The maximum absolute atomic E-state index is 12.0. The van der Waals surface area contributed by atoms with Gasteiger partial charge in [-0.25, -0.2) is 0 Å². The lowest BCUT2D eigenvalue weighted by atomic mass is 10.1. The number of aryl methyl sites for hydroxylation is 2. The van der Waals surface area contributed by atoms with Gasteiger partial charge >= 0.3 is 5.69 Å². The Morgan fingerprint density at radius 2 is 2.18 bits per heavy atom. The van der Waals surface area contributed by atoms with Crippen molar-refractivity contribution >= 4 is 11.6 Å².